The molecule has 1 fully saturated rings. The van der Waals surface area contributed by atoms with Gasteiger partial charge in [-0.1, -0.05) is 49.2 Å². The third kappa shape index (κ3) is 5.32. The number of aromatic nitrogens is 2. The van der Waals surface area contributed by atoms with E-state index in [1.54, 1.807) is 18.2 Å². The van der Waals surface area contributed by atoms with E-state index < -0.39 is 17.3 Å². The van der Waals surface area contributed by atoms with E-state index in [-0.39, 0.29) is 34.8 Å². The minimum absolute atomic E-state index is 0.00360. The van der Waals surface area contributed by atoms with Crippen molar-refractivity contribution in [2.75, 3.05) is 5.75 Å². The first-order valence-electron chi connectivity index (χ1n) is 9.00. The van der Waals surface area contributed by atoms with Crippen molar-refractivity contribution >= 4 is 17.7 Å². The van der Waals surface area contributed by atoms with E-state index in [1.807, 2.05) is 0 Å². The van der Waals surface area contributed by atoms with Gasteiger partial charge in [0.25, 0.3) is 5.56 Å². The van der Waals surface area contributed by atoms with Gasteiger partial charge in [-0.05, 0) is 24.5 Å². The number of aromatic hydroxyl groups is 1. The molecule has 6 nitrogen and oxygen atoms in total. The first kappa shape index (κ1) is 19.4. The lowest BCUT2D eigenvalue weighted by Gasteiger charge is -2.22. The summed E-state index contributed by atoms with van der Waals surface area (Å²) >= 11 is 1.05. The molecule has 2 aromatic rings. The van der Waals surface area contributed by atoms with E-state index in [4.69, 9.17) is 0 Å². The highest BCUT2D eigenvalue weighted by atomic mass is 32.2. The van der Waals surface area contributed by atoms with Gasteiger partial charge < -0.3 is 15.4 Å². The van der Waals surface area contributed by atoms with E-state index in [9.17, 15) is 19.1 Å². The van der Waals surface area contributed by atoms with Crippen molar-refractivity contribution in [1.29, 1.82) is 0 Å². The second-order valence-electron chi connectivity index (χ2n) is 6.63. The molecule has 1 aliphatic carbocycles. The Morgan fingerprint density at radius 1 is 1.30 bits per heavy atom. The van der Waals surface area contributed by atoms with E-state index in [0.717, 1.165) is 37.4 Å². The van der Waals surface area contributed by atoms with Crippen molar-refractivity contribution < 1.29 is 14.3 Å². The molecular weight excluding hydrogens is 369 g/mol. The number of H-pyrrole nitrogens is 1. The van der Waals surface area contributed by atoms with Gasteiger partial charge in [0.1, 0.15) is 5.82 Å². The highest BCUT2D eigenvalue weighted by Gasteiger charge is 2.17. The zero-order valence-electron chi connectivity index (χ0n) is 14.8. The second kappa shape index (κ2) is 9.03. The molecular formula is C19H22FN3O3S. The molecule has 8 heteroatoms. The maximum Gasteiger partial charge on any atom is 0.258 e. The fourth-order valence-corrected chi connectivity index (χ4v) is 3.84. The number of amides is 1. The largest absolute Gasteiger partial charge is 0.493 e. The van der Waals surface area contributed by atoms with Crippen LogP contribution >= 0.6 is 11.8 Å². The van der Waals surface area contributed by atoms with Crippen molar-refractivity contribution in [3.8, 4) is 5.88 Å². The number of rotatable bonds is 6. The summed E-state index contributed by atoms with van der Waals surface area (Å²) in [4.78, 5) is 30.8. The Hall–Kier alpha value is -2.35. The summed E-state index contributed by atoms with van der Waals surface area (Å²) < 4.78 is 13.8. The minimum Gasteiger partial charge on any atom is -0.493 e. The Balaban J connectivity index is 1.61. The van der Waals surface area contributed by atoms with Crippen LogP contribution in [-0.4, -0.2) is 32.8 Å². The van der Waals surface area contributed by atoms with Crippen LogP contribution in [0.4, 0.5) is 4.39 Å². The van der Waals surface area contributed by atoms with Crippen molar-refractivity contribution in [3.63, 3.8) is 0 Å². The summed E-state index contributed by atoms with van der Waals surface area (Å²) in [5, 5.41) is 13.2. The quantitative estimate of drug-likeness (QED) is 0.520. The number of carbonyl (C=O) groups is 1. The summed E-state index contributed by atoms with van der Waals surface area (Å²) in [5.74, 6) is -0.915. The first-order valence-corrected chi connectivity index (χ1v) is 9.99. The van der Waals surface area contributed by atoms with Gasteiger partial charge in [0.2, 0.25) is 11.8 Å². The molecule has 144 valence electrons. The number of thioether (sulfide) groups is 1. The lowest BCUT2D eigenvalue weighted by atomic mass is 9.95. The number of benzene rings is 1. The maximum atomic E-state index is 13.8. The van der Waals surface area contributed by atoms with Crippen LogP contribution in [-0.2, 0) is 11.2 Å². The molecule has 1 heterocycles. The number of halogens is 1. The molecule has 1 aromatic heterocycles. The highest BCUT2D eigenvalue weighted by molar-refractivity contribution is 7.99. The van der Waals surface area contributed by atoms with Crippen LogP contribution in [0.15, 0.2) is 34.2 Å². The zero-order chi connectivity index (χ0) is 19.2. The predicted octanol–water partition coefficient (Wildman–Crippen LogP) is 2.75. The van der Waals surface area contributed by atoms with E-state index >= 15 is 0 Å². The molecule has 27 heavy (non-hydrogen) atoms. The average Bonchev–Trinajstić information content (AvgIpc) is 2.65. The molecule has 1 aliphatic rings. The van der Waals surface area contributed by atoms with Crippen molar-refractivity contribution in [1.82, 2.24) is 15.3 Å². The van der Waals surface area contributed by atoms with Crippen LogP contribution in [0.2, 0.25) is 0 Å². The molecule has 0 spiro atoms. The van der Waals surface area contributed by atoms with Gasteiger partial charge in [-0.3, -0.25) is 9.59 Å². The van der Waals surface area contributed by atoms with Crippen LogP contribution in [0, 0.1) is 5.82 Å². The van der Waals surface area contributed by atoms with Crippen LogP contribution in [0.5, 0.6) is 5.88 Å². The number of carbonyl (C=O) groups excluding carboxylic acids is 1. The molecule has 0 saturated heterocycles. The van der Waals surface area contributed by atoms with Gasteiger partial charge >= 0.3 is 0 Å². The van der Waals surface area contributed by atoms with Crippen molar-refractivity contribution in [2.45, 2.75) is 49.7 Å². The summed E-state index contributed by atoms with van der Waals surface area (Å²) in [6.07, 6.45) is 5.40. The van der Waals surface area contributed by atoms with E-state index in [0.29, 0.717) is 5.56 Å². The normalized spacial score (nSPS) is 14.9. The second-order valence-corrected chi connectivity index (χ2v) is 7.60. The first-order chi connectivity index (χ1) is 13.0. The molecule has 0 unspecified atom stereocenters. The topological polar surface area (TPSA) is 95.1 Å². The summed E-state index contributed by atoms with van der Waals surface area (Å²) in [5.41, 5.74) is -0.246. The van der Waals surface area contributed by atoms with Gasteiger partial charge in [-0.15, -0.1) is 0 Å². The number of hydrogen-bond acceptors (Lipinski definition) is 5. The molecule has 0 aliphatic heterocycles. The maximum absolute atomic E-state index is 13.8. The highest BCUT2D eigenvalue weighted by Crippen LogP contribution is 2.21. The molecule has 0 atom stereocenters. The van der Waals surface area contributed by atoms with E-state index in [2.05, 4.69) is 15.3 Å². The average molecular weight is 391 g/mol. The van der Waals surface area contributed by atoms with Crippen LogP contribution in [0.1, 0.15) is 43.2 Å². The number of aromatic amines is 1. The number of nitrogens with zero attached hydrogens (tertiary/aromatic N) is 1. The van der Waals surface area contributed by atoms with Gasteiger partial charge in [0.05, 0.1) is 11.3 Å². The van der Waals surface area contributed by atoms with Crippen molar-refractivity contribution in [2.24, 2.45) is 0 Å². The Morgan fingerprint density at radius 2 is 2.04 bits per heavy atom. The van der Waals surface area contributed by atoms with Crippen LogP contribution in [0.25, 0.3) is 0 Å². The lowest BCUT2D eigenvalue weighted by Crippen LogP contribution is -2.37. The standard InChI is InChI=1S/C19H22FN3O3S/c20-15-9-5-4-6-12(15)10-14-17(25)22-19(23-18(14)26)27-11-16(24)21-13-7-2-1-3-8-13/h4-6,9,13H,1-3,7-8,10-11H2,(H,21,24)(H2,22,23,25,26). The van der Waals surface area contributed by atoms with Gasteiger partial charge in [-0.25, -0.2) is 4.39 Å². The molecule has 1 aromatic carbocycles. The number of nitrogens with one attached hydrogen (secondary N) is 2. The zero-order valence-corrected chi connectivity index (χ0v) is 15.7. The molecule has 3 N–H and O–H groups in total. The SMILES string of the molecule is O=C(CSc1nc(O)c(Cc2ccccc2F)c(=O)[nH]1)NC1CCCCC1. The third-order valence-corrected chi connectivity index (χ3v) is 5.48. The van der Waals surface area contributed by atoms with Crippen molar-refractivity contribution in [3.05, 3.63) is 51.6 Å². The van der Waals surface area contributed by atoms with Crippen LogP contribution < -0.4 is 10.9 Å². The van der Waals surface area contributed by atoms with Gasteiger partial charge in [-0.2, -0.15) is 4.98 Å². The van der Waals surface area contributed by atoms with Gasteiger partial charge in [0.15, 0.2) is 5.16 Å². The Bertz CT molecular complexity index is 866. The molecule has 1 saturated carbocycles. The Morgan fingerprint density at radius 3 is 2.74 bits per heavy atom. The summed E-state index contributed by atoms with van der Waals surface area (Å²) in [6.45, 7) is 0. The lowest BCUT2D eigenvalue weighted by molar-refractivity contribution is -0.119. The Labute approximate surface area is 160 Å². The summed E-state index contributed by atoms with van der Waals surface area (Å²) in [7, 11) is 0. The third-order valence-electron chi connectivity index (χ3n) is 4.61. The fraction of sp³-hybridized carbons (Fsp3) is 0.421. The number of hydrogen-bond donors (Lipinski definition) is 3. The monoisotopic (exact) mass is 391 g/mol. The molecule has 0 bridgehead atoms. The molecule has 0 radical (unpaired) electrons. The van der Waals surface area contributed by atoms with Gasteiger partial charge in [0, 0.05) is 12.5 Å². The minimum atomic E-state index is -0.541. The molecule has 1 amide bonds. The fourth-order valence-electron chi connectivity index (χ4n) is 3.18. The van der Waals surface area contributed by atoms with E-state index in [1.165, 1.54) is 12.5 Å². The predicted molar refractivity (Wildman–Crippen MR) is 101 cm³/mol. The molecule has 3 rings (SSSR count). The Kier molecular flexibility index (Phi) is 6.49. The summed E-state index contributed by atoms with van der Waals surface area (Å²) in [6, 6.07) is 6.27. The van der Waals surface area contributed by atoms with Crippen LogP contribution in [0.3, 0.4) is 0 Å². The smallest absolute Gasteiger partial charge is 0.258 e.